The number of esters is 1. The van der Waals surface area contributed by atoms with E-state index in [1.54, 1.807) is 6.92 Å². The predicted octanol–water partition coefficient (Wildman–Crippen LogP) is 2.12. The second-order valence-electron chi connectivity index (χ2n) is 3.77. The van der Waals surface area contributed by atoms with Crippen molar-refractivity contribution in [2.24, 2.45) is 11.0 Å². The molecule has 2 unspecified atom stereocenters. The molecule has 0 heterocycles. The summed E-state index contributed by atoms with van der Waals surface area (Å²) >= 11 is 0. The van der Waals surface area contributed by atoms with Crippen LogP contribution in [0.1, 0.15) is 32.6 Å². The van der Waals surface area contributed by atoms with Crippen molar-refractivity contribution in [3.8, 4) is 0 Å². The van der Waals surface area contributed by atoms with Crippen molar-refractivity contribution in [1.82, 2.24) is 0 Å². The maximum Gasteiger partial charge on any atom is 0.312 e. The van der Waals surface area contributed by atoms with Gasteiger partial charge in [-0.15, -0.1) is 0 Å². The summed E-state index contributed by atoms with van der Waals surface area (Å²) in [6.07, 6.45) is 2.21. The van der Waals surface area contributed by atoms with Crippen LogP contribution >= 0.6 is 0 Å². The Balaban J connectivity index is 3.86. The summed E-state index contributed by atoms with van der Waals surface area (Å²) in [4.78, 5) is 24.2. The summed E-state index contributed by atoms with van der Waals surface area (Å²) in [5.74, 6) is -1.58. The molecule has 0 saturated carbocycles. The van der Waals surface area contributed by atoms with Gasteiger partial charge >= 0.3 is 11.9 Å². The molecule has 0 aliphatic rings. The SMILES string of the molecule is COC(=O)C(C)CCCCC(N=[N+]=[N-])C(=O)O. The van der Waals surface area contributed by atoms with Crippen molar-refractivity contribution in [2.45, 2.75) is 38.6 Å². The van der Waals surface area contributed by atoms with Gasteiger partial charge in [-0.2, -0.15) is 0 Å². The quantitative estimate of drug-likeness (QED) is 0.231. The first-order valence-electron chi connectivity index (χ1n) is 5.37. The Labute approximate surface area is 99.4 Å². The van der Waals surface area contributed by atoms with E-state index >= 15 is 0 Å². The van der Waals surface area contributed by atoms with E-state index in [1.165, 1.54) is 7.11 Å². The van der Waals surface area contributed by atoms with Crippen LogP contribution in [-0.2, 0) is 14.3 Å². The minimum absolute atomic E-state index is 0.192. The van der Waals surface area contributed by atoms with Gasteiger partial charge in [-0.3, -0.25) is 9.59 Å². The third-order valence-corrected chi connectivity index (χ3v) is 2.44. The number of azide groups is 1. The minimum atomic E-state index is -1.12. The minimum Gasteiger partial charge on any atom is -0.481 e. The van der Waals surface area contributed by atoms with Crippen molar-refractivity contribution < 1.29 is 19.4 Å². The number of aliphatic carboxylic acids is 1. The van der Waals surface area contributed by atoms with E-state index in [-0.39, 0.29) is 18.3 Å². The predicted molar refractivity (Wildman–Crippen MR) is 60.2 cm³/mol. The van der Waals surface area contributed by atoms with Gasteiger partial charge in [0.1, 0.15) is 6.04 Å². The number of carboxylic acids is 1. The van der Waals surface area contributed by atoms with Crippen LogP contribution in [0.5, 0.6) is 0 Å². The second-order valence-corrected chi connectivity index (χ2v) is 3.77. The van der Waals surface area contributed by atoms with Gasteiger partial charge in [0.2, 0.25) is 0 Å². The molecule has 0 aromatic heterocycles. The molecule has 0 bridgehead atoms. The summed E-state index contributed by atoms with van der Waals surface area (Å²) in [5, 5.41) is 11.9. The first kappa shape index (κ1) is 15.2. The Bertz CT molecular complexity index is 311. The van der Waals surface area contributed by atoms with Crippen LogP contribution in [0.25, 0.3) is 10.4 Å². The van der Waals surface area contributed by atoms with Crippen LogP contribution in [0.2, 0.25) is 0 Å². The van der Waals surface area contributed by atoms with Crippen LogP contribution in [0.15, 0.2) is 5.11 Å². The number of rotatable bonds is 8. The van der Waals surface area contributed by atoms with E-state index in [0.717, 1.165) is 0 Å². The van der Waals surface area contributed by atoms with Crippen molar-refractivity contribution in [1.29, 1.82) is 0 Å². The highest BCUT2D eigenvalue weighted by atomic mass is 16.5. The van der Waals surface area contributed by atoms with E-state index in [0.29, 0.717) is 19.3 Å². The second kappa shape index (κ2) is 8.41. The molecule has 0 radical (unpaired) electrons. The lowest BCUT2D eigenvalue weighted by Gasteiger charge is -2.09. The molecular weight excluding hydrogens is 226 g/mol. The van der Waals surface area contributed by atoms with Gasteiger partial charge in [0.25, 0.3) is 0 Å². The number of unbranched alkanes of at least 4 members (excludes halogenated alkanes) is 1. The Kier molecular flexibility index (Phi) is 7.54. The number of carbonyl (C=O) groups excluding carboxylic acids is 1. The maximum atomic E-state index is 11.1. The van der Waals surface area contributed by atoms with E-state index < -0.39 is 12.0 Å². The van der Waals surface area contributed by atoms with Gasteiger partial charge in [-0.1, -0.05) is 24.9 Å². The van der Waals surface area contributed by atoms with Crippen LogP contribution in [-0.4, -0.2) is 30.2 Å². The normalized spacial score (nSPS) is 13.3. The van der Waals surface area contributed by atoms with Gasteiger partial charge in [0.05, 0.1) is 13.0 Å². The van der Waals surface area contributed by atoms with Crippen LogP contribution in [0.4, 0.5) is 0 Å². The molecule has 0 aromatic carbocycles. The Morgan fingerprint density at radius 2 is 2.00 bits per heavy atom. The van der Waals surface area contributed by atoms with E-state index in [9.17, 15) is 9.59 Å². The lowest BCUT2D eigenvalue weighted by atomic mass is 10.0. The van der Waals surface area contributed by atoms with Crippen LogP contribution in [0, 0.1) is 5.92 Å². The maximum absolute atomic E-state index is 11.1. The standard InChI is InChI=1S/C10H17N3O4/c1-7(10(16)17-2)5-3-4-6-8(9(14)15)12-13-11/h7-8H,3-6H2,1-2H3,(H,14,15). The van der Waals surface area contributed by atoms with Gasteiger partial charge < -0.3 is 9.84 Å². The lowest BCUT2D eigenvalue weighted by molar-refractivity contribution is -0.145. The average molecular weight is 243 g/mol. The number of carboxylic acid groups (broad SMARTS) is 1. The zero-order valence-electron chi connectivity index (χ0n) is 10.00. The summed E-state index contributed by atoms with van der Waals surface area (Å²) in [6, 6.07) is -1.02. The highest BCUT2D eigenvalue weighted by Crippen LogP contribution is 2.13. The molecule has 17 heavy (non-hydrogen) atoms. The summed E-state index contributed by atoms with van der Waals surface area (Å²) < 4.78 is 4.57. The highest BCUT2D eigenvalue weighted by Gasteiger charge is 2.16. The Hall–Kier alpha value is -1.75. The van der Waals surface area contributed by atoms with Gasteiger partial charge in [0, 0.05) is 4.91 Å². The Morgan fingerprint density at radius 1 is 1.41 bits per heavy atom. The Morgan fingerprint density at radius 3 is 2.47 bits per heavy atom. The zero-order valence-corrected chi connectivity index (χ0v) is 10.00. The molecule has 0 fully saturated rings. The number of nitrogens with zero attached hydrogens (tertiary/aromatic N) is 3. The first-order chi connectivity index (χ1) is 8.02. The van der Waals surface area contributed by atoms with Gasteiger partial charge in [-0.25, -0.2) is 0 Å². The average Bonchev–Trinajstić information content (AvgIpc) is 2.31. The summed E-state index contributed by atoms with van der Waals surface area (Å²) in [7, 11) is 1.33. The molecule has 0 amide bonds. The third-order valence-electron chi connectivity index (χ3n) is 2.44. The molecule has 0 saturated heterocycles. The van der Waals surface area contributed by atoms with Gasteiger partial charge in [-0.05, 0) is 18.4 Å². The number of ether oxygens (including phenoxy) is 1. The fourth-order valence-corrected chi connectivity index (χ4v) is 1.40. The largest absolute Gasteiger partial charge is 0.481 e. The molecule has 0 aliphatic heterocycles. The third kappa shape index (κ3) is 6.42. The topological polar surface area (TPSA) is 112 Å². The van der Waals surface area contributed by atoms with Crippen LogP contribution in [0.3, 0.4) is 0 Å². The van der Waals surface area contributed by atoms with E-state index in [1.807, 2.05) is 0 Å². The molecule has 0 rings (SSSR count). The fourth-order valence-electron chi connectivity index (χ4n) is 1.40. The molecular formula is C10H17N3O4. The number of hydrogen-bond acceptors (Lipinski definition) is 4. The fraction of sp³-hybridized carbons (Fsp3) is 0.800. The molecule has 0 aromatic rings. The number of carbonyl (C=O) groups is 2. The van der Waals surface area contributed by atoms with Crippen molar-refractivity contribution in [3.63, 3.8) is 0 Å². The monoisotopic (exact) mass is 243 g/mol. The highest BCUT2D eigenvalue weighted by molar-refractivity contribution is 5.73. The molecule has 7 heteroatoms. The van der Waals surface area contributed by atoms with Gasteiger partial charge in [0.15, 0.2) is 0 Å². The molecule has 96 valence electrons. The summed E-state index contributed by atoms with van der Waals surface area (Å²) in [6.45, 7) is 1.76. The smallest absolute Gasteiger partial charge is 0.312 e. The van der Waals surface area contributed by atoms with Crippen molar-refractivity contribution >= 4 is 11.9 Å². The molecule has 1 N–H and O–H groups in total. The summed E-state index contributed by atoms with van der Waals surface area (Å²) in [5.41, 5.74) is 8.17. The lowest BCUT2D eigenvalue weighted by Crippen LogP contribution is -2.17. The number of hydrogen-bond donors (Lipinski definition) is 1. The molecule has 2 atom stereocenters. The van der Waals surface area contributed by atoms with E-state index in [4.69, 9.17) is 10.6 Å². The van der Waals surface area contributed by atoms with Crippen molar-refractivity contribution in [3.05, 3.63) is 10.4 Å². The zero-order chi connectivity index (χ0) is 13.3. The van der Waals surface area contributed by atoms with Crippen LogP contribution < -0.4 is 0 Å². The molecule has 0 aliphatic carbocycles. The number of methoxy groups -OCH3 is 1. The molecule has 7 nitrogen and oxygen atoms in total. The van der Waals surface area contributed by atoms with E-state index in [2.05, 4.69) is 14.8 Å². The van der Waals surface area contributed by atoms with Crippen molar-refractivity contribution in [2.75, 3.05) is 7.11 Å². The molecule has 0 spiro atoms. The first-order valence-corrected chi connectivity index (χ1v) is 5.37.